The molecule has 174 valence electrons. The summed E-state index contributed by atoms with van der Waals surface area (Å²) < 4.78 is 36.2. The highest BCUT2D eigenvalue weighted by Gasteiger charge is 2.35. The highest BCUT2D eigenvalue weighted by Crippen LogP contribution is 2.34. The van der Waals surface area contributed by atoms with E-state index in [1.807, 2.05) is 31.2 Å². The fourth-order valence-corrected chi connectivity index (χ4v) is 4.98. The summed E-state index contributed by atoms with van der Waals surface area (Å²) in [6.07, 6.45) is 1.46. The van der Waals surface area contributed by atoms with E-state index < -0.39 is 21.3 Å². The average molecular weight is 496 g/mol. The maximum Gasteiger partial charge on any atom is 0.339 e. The summed E-state index contributed by atoms with van der Waals surface area (Å²) in [5, 5.41) is -0.418. The predicted molar refractivity (Wildman–Crippen MR) is 130 cm³/mol. The van der Waals surface area contributed by atoms with Crippen molar-refractivity contribution in [1.29, 1.82) is 0 Å². The van der Waals surface area contributed by atoms with Crippen LogP contribution in [0.15, 0.2) is 88.7 Å². The predicted octanol–water partition coefficient (Wildman–Crippen LogP) is 4.88. The lowest BCUT2D eigenvalue weighted by Gasteiger charge is -2.13. The molecule has 7 nitrogen and oxygen atoms in total. The van der Waals surface area contributed by atoms with Gasteiger partial charge in [0.15, 0.2) is 0 Å². The molecule has 0 saturated carbocycles. The first-order valence-corrected chi connectivity index (χ1v) is 12.6. The molecule has 1 heterocycles. The quantitative estimate of drug-likeness (QED) is 0.325. The van der Waals surface area contributed by atoms with Gasteiger partial charge >= 0.3 is 10.1 Å². The van der Waals surface area contributed by atoms with Crippen LogP contribution in [0.1, 0.15) is 11.1 Å². The van der Waals surface area contributed by atoms with Crippen LogP contribution in [0.25, 0.3) is 6.08 Å². The second-order valence-electron chi connectivity index (χ2n) is 7.38. The first-order chi connectivity index (χ1) is 16.3. The van der Waals surface area contributed by atoms with Gasteiger partial charge in [-0.25, -0.2) is 0 Å². The summed E-state index contributed by atoms with van der Waals surface area (Å²) in [6, 6.07) is 21.7. The number of thioether (sulfide) groups is 1. The van der Waals surface area contributed by atoms with Gasteiger partial charge in [0.2, 0.25) is 0 Å². The standard InChI is InChI=1S/C25H21NO6S2/c1-18-11-13-20(14-12-18)31-16-15-26-24(27)23(33-25(26)28)17-19-7-5-6-10-22(19)32-34(29,30)21-8-3-2-4-9-21/h2-14,17H,15-16H2,1H3/b23-17-. The van der Waals surface area contributed by atoms with Crippen LogP contribution < -0.4 is 8.92 Å². The second-order valence-corrected chi connectivity index (χ2v) is 9.92. The Bertz CT molecular complexity index is 1340. The molecule has 4 rings (SSSR count). The number of benzene rings is 3. The van der Waals surface area contributed by atoms with Gasteiger partial charge in [-0.15, -0.1) is 0 Å². The fraction of sp³-hybridized carbons (Fsp3) is 0.120. The molecular formula is C25H21NO6S2. The van der Waals surface area contributed by atoms with Crippen molar-refractivity contribution in [2.24, 2.45) is 0 Å². The van der Waals surface area contributed by atoms with Crippen molar-refractivity contribution in [3.05, 3.63) is 94.9 Å². The Hall–Kier alpha value is -3.56. The van der Waals surface area contributed by atoms with Crippen LogP contribution in [0.5, 0.6) is 11.5 Å². The minimum atomic E-state index is -4.06. The Morgan fingerprint density at radius 3 is 2.32 bits per heavy atom. The third kappa shape index (κ3) is 5.49. The average Bonchev–Trinajstić information content (AvgIpc) is 3.09. The number of carbonyl (C=O) groups excluding carboxylic acids is 2. The third-order valence-electron chi connectivity index (χ3n) is 4.92. The number of amides is 2. The number of para-hydroxylation sites is 1. The summed E-state index contributed by atoms with van der Waals surface area (Å²) in [4.78, 5) is 26.5. The molecule has 34 heavy (non-hydrogen) atoms. The fourth-order valence-electron chi connectivity index (χ4n) is 3.15. The van der Waals surface area contributed by atoms with Gasteiger partial charge in [-0.2, -0.15) is 8.42 Å². The van der Waals surface area contributed by atoms with Gasteiger partial charge in [0.25, 0.3) is 11.1 Å². The summed E-state index contributed by atoms with van der Waals surface area (Å²) in [5.74, 6) is 0.239. The molecule has 1 fully saturated rings. The number of aryl methyl sites for hydroxylation is 1. The number of imide groups is 1. The molecule has 0 aliphatic carbocycles. The zero-order valence-electron chi connectivity index (χ0n) is 18.2. The van der Waals surface area contributed by atoms with Crippen LogP contribution >= 0.6 is 11.8 Å². The van der Waals surface area contributed by atoms with Crippen molar-refractivity contribution in [2.75, 3.05) is 13.2 Å². The molecular weight excluding hydrogens is 474 g/mol. The SMILES string of the molecule is Cc1ccc(OCCN2C(=O)S/C(=C\c3ccccc3OS(=O)(=O)c3ccccc3)C2=O)cc1. The first-order valence-electron chi connectivity index (χ1n) is 10.4. The van der Waals surface area contributed by atoms with Gasteiger partial charge in [-0.05, 0) is 55.1 Å². The zero-order valence-corrected chi connectivity index (χ0v) is 19.8. The van der Waals surface area contributed by atoms with Gasteiger partial charge in [-0.3, -0.25) is 14.5 Å². The second kappa shape index (κ2) is 10.1. The molecule has 0 atom stereocenters. The highest BCUT2D eigenvalue weighted by atomic mass is 32.2. The number of nitrogens with zero attached hydrogens (tertiary/aromatic N) is 1. The van der Waals surface area contributed by atoms with Crippen LogP contribution in [0, 0.1) is 6.92 Å². The molecule has 0 unspecified atom stereocenters. The normalized spacial score (nSPS) is 15.1. The number of carbonyl (C=O) groups is 2. The van der Waals surface area contributed by atoms with Crippen molar-refractivity contribution in [2.45, 2.75) is 11.8 Å². The summed E-state index contributed by atoms with van der Waals surface area (Å²) >= 11 is 0.786. The lowest BCUT2D eigenvalue weighted by molar-refractivity contribution is -0.123. The lowest BCUT2D eigenvalue weighted by Crippen LogP contribution is -2.32. The number of hydrogen-bond acceptors (Lipinski definition) is 7. The van der Waals surface area contributed by atoms with E-state index >= 15 is 0 Å². The Morgan fingerprint density at radius 2 is 1.59 bits per heavy atom. The number of rotatable bonds is 8. The highest BCUT2D eigenvalue weighted by molar-refractivity contribution is 8.18. The lowest BCUT2D eigenvalue weighted by atomic mass is 10.2. The van der Waals surface area contributed by atoms with Crippen LogP contribution in [0.3, 0.4) is 0 Å². The Labute approximate surface area is 202 Å². The van der Waals surface area contributed by atoms with Crippen molar-refractivity contribution < 1.29 is 26.9 Å². The first kappa shape index (κ1) is 23.6. The maximum atomic E-state index is 12.8. The van der Waals surface area contributed by atoms with Crippen LogP contribution in [0.4, 0.5) is 4.79 Å². The van der Waals surface area contributed by atoms with E-state index in [0.717, 1.165) is 22.2 Å². The van der Waals surface area contributed by atoms with E-state index in [1.165, 1.54) is 24.3 Å². The zero-order chi connectivity index (χ0) is 24.1. The Balaban J connectivity index is 1.47. The largest absolute Gasteiger partial charge is 0.492 e. The van der Waals surface area contributed by atoms with Crippen molar-refractivity contribution in [1.82, 2.24) is 4.90 Å². The summed E-state index contributed by atoms with van der Waals surface area (Å²) in [7, 11) is -4.06. The van der Waals surface area contributed by atoms with Crippen molar-refractivity contribution in [3.63, 3.8) is 0 Å². The van der Waals surface area contributed by atoms with E-state index in [-0.39, 0.29) is 28.7 Å². The molecule has 1 aliphatic heterocycles. The maximum absolute atomic E-state index is 12.8. The van der Waals surface area contributed by atoms with Gasteiger partial charge in [-0.1, -0.05) is 54.1 Å². The van der Waals surface area contributed by atoms with Gasteiger partial charge in [0.1, 0.15) is 23.0 Å². The van der Waals surface area contributed by atoms with Crippen LogP contribution in [0.2, 0.25) is 0 Å². The van der Waals surface area contributed by atoms with Crippen LogP contribution in [-0.2, 0) is 14.9 Å². The van der Waals surface area contributed by atoms with Crippen molar-refractivity contribution >= 4 is 39.1 Å². The minimum absolute atomic E-state index is 0.0127. The van der Waals surface area contributed by atoms with E-state index in [2.05, 4.69) is 0 Å². The number of ether oxygens (including phenoxy) is 1. The molecule has 0 radical (unpaired) electrons. The molecule has 1 aliphatic rings. The molecule has 0 spiro atoms. The molecule has 9 heteroatoms. The van der Waals surface area contributed by atoms with E-state index in [4.69, 9.17) is 8.92 Å². The minimum Gasteiger partial charge on any atom is -0.492 e. The Kier molecular flexibility index (Phi) is 7.04. The molecule has 0 aromatic heterocycles. The monoisotopic (exact) mass is 495 g/mol. The Morgan fingerprint density at radius 1 is 0.912 bits per heavy atom. The topological polar surface area (TPSA) is 90.0 Å². The van der Waals surface area contributed by atoms with Gasteiger partial charge < -0.3 is 8.92 Å². The summed E-state index contributed by atoms with van der Waals surface area (Å²) in [6.45, 7) is 2.22. The van der Waals surface area contributed by atoms with E-state index in [9.17, 15) is 18.0 Å². The molecule has 1 saturated heterocycles. The van der Waals surface area contributed by atoms with Gasteiger partial charge in [0, 0.05) is 5.56 Å². The van der Waals surface area contributed by atoms with E-state index in [1.54, 1.807) is 36.4 Å². The third-order valence-corrected chi connectivity index (χ3v) is 7.07. The molecule has 2 amide bonds. The molecule has 0 bridgehead atoms. The smallest absolute Gasteiger partial charge is 0.339 e. The van der Waals surface area contributed by atoms with Crippen molar-refractivity contribution in [3.8, 4) is 11.5 Å². The van der Waals surface area contributed by atoms with Gasteiger partial charge in [0.05, 0.1) is 11.4 Å². The molecule has 3 aromatic carbocycles. The van der Waals surface area contributed by atoms with Crippen LogP contribution in [-0.4, -0.2) is 37.6 Å². The number of hydrogen-bond donors (Lipinski definition) is 0. The molecule has 0 N–H and O–H groups in total. The molecule has 3 aromatic rings. The summed E-state index contributed by atoms with van der Waals surface area (Å²) in [5.41, 5.74) is 1.47. The van der Waals surface area contributed by atoms with E-state index in [0.29, 0.717) is 11.3 Å².